The monoisotopic (exact) mass is 598 g/mol. The summed E-state index contributed by atoms with van der Waals surface area (Å²) in [6.07, 6.45) is 0. The molecule has 0 atom stereocenters. The summed E-state index contributed by atoms with van der Waals surface area (Å²) in [4.78, 5) is 0. The molecule has 0 bridgehead atoms. The lowest BCUT2D eigenvalue weighted by molar-refractivity contribution is 1.16. The highest BCUT2D eigenvalue weighted by molar-refractivity contribution is 6.26. The Morgan fingerprint density at radius 1 is 0.362 bits per heavy atom. The second kappa shape index (κ2) is 9.71. The molecule has 4 heteroatoms. The largest absolute Gasteiger partial charge is 0.309 e. The molecule has 3 aromatic heterocycles. The molecule has 7 aromatic carbocycles. The molecule has 0 unspecified atom stereocenters. The molecule has 0 radical (unpaired) electrons. The van der Waals surface area contributed by atoms with Gasteiger partial charge in [-0.05, 0) is 66.7 Å². The van der Waals surface area contributed by atoms with Gasteiger partial charge in [0.25, 0.3) is 0 Å². The third-order valence-electron chi connectivity index (χ3n) is 9.65. The summed E-state index contributed by atoms with van der Waals surface area (Å²) in [5.41, 5.74) is 10.7. The first kappa shape index (κ1) is 25.7. The molecule has 0 aliphatic carbocycles. The number of benzene rings is 7. The first-order valence-electron chi connectivity index (χ1n) is 15.9. The molecule has 0 aliphatic heterocycles. The molecule has 0 spiro atoms. The SMILES string of the molecule is N#Cc1cccc2c3ccc4c(c5ccccc5n4-c4ccc5c(c4)c4ccccc4n5-c4ccccc4)c3n(-c3ccccc3)c12. The molecular formula is C43H26N4. The zero-order chi connectivity index (χ0) is 31.1. The van der Waals surface area contributed by atoms with Crippen molar-refractivity contribution in [1.82, 2.24) is 13.7 Å². The summed E-state index contributed by atoms with van der Waals surface area (Å²) in [6.45, 7) is 0. The normalized spacial score (nSPS) is 11.8. The first-order valence-corrected chi connectivity index (χ1v) is 15.9. The average Bonchev–Trinajstić information content (AvgIpc) is 3.78. The molecule has 218 valence electrons. The van der Waals surface area contributed by atoms with E-state index in [2.05, 4.69) is 159 Å². The highest BCUT2D eigenvalue weighted by Gasteiger charge is 2.22. The predicted octanol–water partition coefficient (Wildman–Crippen LogP) is 10.8. The van der Waals surface area contributed by atoms with Gasteiger partial charge in [-0.1, -0.05) is 91.0 Å². The van der Waals surface area contributed by atoms with E-state index in [9.17, 15) is 5.26 Å². The van der Waals surface area contributed by atoms with Crippen LogP contribution in [0.4, 0.5) is 0 Å². The van der Waals surface area contributed by atoms with Crippen molar-refractivity contribution in [3.8, 4) is 23.1 Å². The van der Waals surface area contributed by atoms with E-state index in [4.69, 9.17) is 0 Å². The van der Waals surface area contributed by atoms with Crippen LogP contribution in [-0.2, 0) is 0 Å². The maximum atomic E-state index is 10.2. The molecule has 47 heavy (non-hydrogen) atoms. The second-order valence-electron chi connectivity index (χ2n) is 12.1. The zero-order valence-corrected chi connectivity index (χ0v) is 25.3. The van der Waals surface area contributed by atoms with Crippen molar-refractivity contribution < 1.29 is 0 Å². The lowest BCUT2D eigenvalue weighted by atomic mass is 10.1. The van der Waals surface area contributed by atoms with E-state index in [1.165, 1.54) is 32.6 Å². The molecular weight excluding hydrogens is 573 g/mol. The minimum atomic E-state index is 0.666. The van der Waals surface area contributed by atoms with Crippen molar-refractivity contribution in [2.45, 2.75) is 0 Å². The van der Waals surface area contributed by atoms with E-state index in [-0.39, 0.29) is 0 Å². The van der Waals surface area contributed by atoms with Gasteiger partial charge in [0.2, 0.25) is 0 Å². The number of aromatic nitrogens is 3. The number of rotatable bonds is 3. The van der Waals surface area contributed by atoms with Crippen molar-refractivity contribution in [1.29, 1.82) is 5.26 Å². The van der Waals surface area contributed by atoms with E-state index < -0.39 is 0 Å². The topological polar surface area (TPSA) is 38.6 Å². The van der Waals surface area contributed by atoms with Gasteiger partial charge in [-0.25, -0.2) is 0 Å². The molecule has 4 nitrogen and oxygen atoms in total. The number of hydrogen-bond acceptors (Lipinski definition) is 1. The molecule has 0 saturated carbocycles. The fourth-order valence-electron chi connectivity index (χ4n) is 7.76. The van der Waals surface area contributed by atoms with Gasteiger partial charge in [-0.3, -0.25) is 0 Å². The molecule has 3 heterocycles. The van der Waals surface area contributed by atoms with Crippen LogP contribution in [0.1, 0.15) is 5.56 Å². The highest BCUT2D eigenvalue weighted by atomic mass is 15.0. The zero-order valence-electron chi connectivity index (χ0n) is 25.3. The van der Waals surface area contributed by atoms with Crippen molar-refractivity contribution >= 4 is 65.4 Å². The first-order chi connectivity index (χ1) is 23.3. The Morgan fingerprint density at radius 3 is 1.66 bits per heavy atom. The van der Waals surface area contributed by atoms with Gasteiger partial charge >= 0.3 is 0 Å². The Kier molecular flexibility index (Phi) is 5.32. The van der Waals surface area contributed by atoms with Crippen LogP contribution in [0, 0.1) is 11.3 Å². The Bertz CT molecular complexity index is 2900. The molecule has 0 aliphatic rings. The third-order valence-corrected chi connectivity index (χ3v) is 9.65. The van der Waals surface area contributed by atoms with Crippen LogP contribution >= 0.6 is 0 Å². The standard InChI is InChI=1S/C43H26N4/c44-27-28-12-11-19-33-34-23-25-40-41(43(34)47(42(28)33)30-15-5-2-6-16-30)35-18-8-10-21-38(35)46(40)31-22-24-39-36(26-31)32-17-7-9-20-37(32)45(39)29-13-3-1-4-14-29/h1-26H. The Labute approximate surface area is 270 Å². The number of hydrogen-bond donors (Lipinski definition) is 0. The van der Waals surface area contributed by atoms with Crippen LogP contribution in [0.15, 0.2) is 158 Å². The average molecular weight is 599 g/mol. The van der Waals surface area contributed by atoms with Gasteiger partial charge in [0, 0.05) is 49.4 Å². The van der Waals surface area contributed by atoms with E-state index >= 15 is 0 Å². The van der Waals surface area contributed by atoms with Crippen LogP contribution in [0.5, 0.6) is 0 Å². The fourth-order valence-corrected chi connectivity index (χ4v) is 7.76. The summed E-state index contributed by atoms with van der Waals surface area (Å²) in [5.74, 6) is 0. The smallest absolute Gasteiger partial charge is 0.101 e. The molecule has 0 N–H and O–H groups in total. The number of para-hydroxylation sites is 5. The van der Waals surface area contributed by atoms with E-state index in [0.29, 0.717) is 5.56 Å². The third kappa shape index (κ3) is 3.51. The van der Waals surface area contributed by atoms with Crippen molar-refractivity contribution in [3.05, 3.63) is 163 Å². The summed E-state index contributed by atoms with van der Waals surface area (Å²) < 4.78 is 7.05. The maximum Gasteiger partial charge on any atom is 0.101 e. The van der Waals surface area contributed by atoms with Gasteiger partial charge in [0.15, 0.2) is 0 Å². The maximum absolute atomic E-state index is 10.2. The van der Waals surface area contributed by atoms with Crippen LogP contribution < -0.4 is 0 Å². The quantitative estimate of drug-likeness (QED) is 0.199. The van der Waals surface area contributed by atoms with Crippen LogP contribution in [0.3, 0.4) is 0 Å². The Balaban J connectivity index is 1.35. The summed E-state index contributed by atoms with van der Waals surface area (Å²) >= 11 is 0. The van der Waals surface area contributed by atoms with Gasteiger partial charge in [-0.2, -0.15) is 5.26 Å². The van der Waals surface area contributed by atoms with E-state index in [1.807, 2.05) is 18.2 Å². The Morgan fingerprint density at radius 2 is 0.915 bits per heavy atom. The van der Waals surface area contributed by atoms with E-state index in [1.54, 1.807) is 0 Å². The van der Waals surface area contributed by atoms with Crippen LogP contribution in [0.2, 0.25) is 0 Å². The fraction of sp³-hybridized carbons (Fsp3) is 0. The lowest BCUT2D eigenvalue weighted by Crippen LogP contribution is -1.97. The second-order valence-corrected chi connectivity index (χ2v) is 12.1. The van der Waals surface area contributed by atoms with Crippen molar-refractivity contribution in [2.24, 2.45) is 0 Å². The summed E-state index contributed by atoms with van der Waals surface area (Å²) in [5, 5.41) is 17.2. The van der Waals surface area contributed by atoms with E-state index in [0.717, 1.165) is 49.9 Å². The number of nitriles is 1. The summed E-state index contributed by atoms with van der Waals surface area (Å²) in [6, 6.07) is 58.2. The van der Waals surface area contributed by atoms with Crippen LogP contribution in [0.25, 0.3) is 82.5 Å². The molecule has 10 rings (SSSR count). The minimum absolute atomic E-state index is 0.666. The van der Waals surface area contributed by atoms with Crippen LogP contribution in [-0.4, -0.2) is 13.7 Å². The molecule has 0 amide bonds. The van der Waals surface area contributed by atoms with Gasteiger partial charge < -0.3 is 13.7 Å². The lowest BCUT2D eigenvalue weighted by Gasteiger charge is -2.11. The predicted molar refractivity (Wildman–Crippen MR) is 194 cm³/mol. The van der Waals surface area contributed by atoms with Gasteiger partial charge in [0.1, 0.15) is 6.07 Å². The molecule has 0 fully saturated rings. The van der Waals surface area contributed by atoms with Gasteiger partial charge in [0.05, 0.1) is 38.7 Å². The number of fused-ring (bicyclic) bond motifs is 10. The Hall–Kier alpha value is -6.57. The summed E-state index contributed by atoms with van der Waals surface area (Å²) in [7, 11) is 0. The van der Waals surface area contributed by atoms with Crippen molar-refractivity contribution in [3.63, 3.8) is 0 Å². The highest BCUT2D eigenvalue weighted by Crippen LogP contribution is 2.43. The van der Waals surface area contributed by atoms with Gasteiger partial charge in [-0.15, -0.1) is 0 Å². The molecule has 0 saturated heterocycles. The number of nitrogens with zero attached hydrogens (tertiary/aromatic N) is 4. The minimum Gasteiger partial charge on any atom is -0.309 e. The molecule has 10 aromatic rings. The van der Waals surface area contributed by atoms with Crippen molar-refractivity contribution in [2.75, 3.05) is 0 Å².